The van der Waals surface area contributed by atoms with Gasteiger partial charge in [-0.05, 0) is 93.5 Å². The van der Waals surface area contributed by atoms with Gasteiger partial charge in [0.15, 0.2) is 6.29 Å². The van der Waals surface area contributed by atoms with Gasteiger partial charge in [0.1, 0.15) is 5.76 Å². The molecule has 0 aromatic heterocycles. The van der Waals surface area contributed by atoms with Crippen molar-refractivity contribution in [1.82, 2.24) is 0 Å². The Hall–Kier alpha value is -1.06. The molecule has 0 amide bonds. The molecule has 2 saturated carbocycles. The number of hydrogen-bond donors (Lipinski definition) is 0. The standard InChI is InChI=1S/C25H35F3O5S/c1-23-12-10-17(32-22-5-3-4-14-31-22)15-16(23)6-7-18-19-8-9-21(24(19,2)13-11-20(18)23)33-34(29,30)25(26,27)28/h6,9,17-20,22H,3-5,7-8,10-15H2,1-2H3/t17-,18?,19-,20-,22?,23-,24-/m0/s1. The molecule has 5 aliphatic rings. The zero-order valence-electron chi connectivity index (χ0n) is 19.9. The highest BCUT2D eigenvalue weighted by Gasteiger charge is 2.59. The van der Waals surface area contributed by atoms with Gasteiger partial charge in [0, 0.05) is 12.0 Å². The van der Waals surface area contributed by atoms with E-state index in [-0.39, 0.29) is 29.5 Å². The first-order valence-corrected chi connectivity index (χ1v) is 14.0. The van der Waals surface area contributed by atoms with E-state index in [2.05, 4.69) is 13.0 Å². The van der Waals surface area contributed by atoms with Crippen LogP contribution in [0, 0.1) is 28.6 Å². The molecule has 2 unspecified atom stereocenters. The molecule has 192 valence electrons. The van der Waals surface area contributed by atoms with Crippen LogP contribution < -0.4 is 0 Å². The molecule has 0 N–H and O–H groups in total. The summed E-state index contributed by atoms with van der Waals surface area (Å²) in [5.41, 5.74) is -4.59. The maximum absolute atomic E-state index is 13.0. The molecule has 5 rings (SSSR count). The molecule has 0 bridgehead atoms. The van der Waals surface area contributed by atoms with Gasteiger partial charge < -0.3 is 13.7 Å². The lowest BCUT2D eigenvalue weighted by Gasteiger charge is -2.57. The van der Waals surface area contributed by atoms with E-state index in [0.717, 1.165) is 58.0 Å². The van der Waals surface area contributed by atoms with Crippen LogP contribution in [-0.4, -0.2) is 32.9 Å². The van der Waals surface area contributed by atoms with Gasteiger partial charge in [0.25, 0.3) is 0 Å². The number of fused-ring (bicyclic) bond motifs is 5. The van der Waals surface area contributed by atoms with E-state index < -0.39 is 21.0 Å². The van der Waals surface area contributed by atoms with Crippen LogP contribution in [0.3, 0.4) is 0 Å². The van der Waals surface area contributed by atoms with E-state index in [4.69, 9.17) is 13.7 Å². The molecule has 0 aromatic carbocycles. The topological polar surface area (TPSA) is 61.8 Å². The molecule has 34 heavy (non-hydrogen) atoms. The number of ether oxygens (including phenoxy) is 2. The second-order valence-corrected chi connectivity index (χ2v) is 12.8. The normalized spacial score (nSPS) is 42.7. The monoisotopic (exact) mass is 504 g/mol. The minimum atomic E-state index is -5.65. The molecule has 0 radical (unpaired) electrons. The first-order valence-electron chi connectivity index (χ1n) is 12.6. The molecule has 1 saturated heterocycles. The Morgan fingerprint density at radius 3 is 2.47 bits per heavy atom. The Balaban J connectivity index is 1.30. The van der Waals surface area contributed by atoms with Crippen LogP contribution in [-0.2, 0) is 23.8 Å². The van der Waals surface area contributed by atoms with Crippen molar-refractivity contribution in [1.29, 1.82) is 0 Å². The van der Waals surface area contributed by atoms with Crippen LogP contribution in [0.1, 0.15) is 78.1 Å². The van der Waals surface area contributed by atoms with E-state index >= 15 is 0 Å². The maximum Gasteiger partial charge on any atom is 0.534 e. The highest BCUT2D eigenvalue weighted by Crippen LogP contribution is 2.65. The van der Waals surface area contributed by atoms with Crippen molar-refractivity contribution in [3.05, 3.63) is 23.5 Å². The third kappa shape index (κ3) is 4.03. The van der Waals surface area contributed by atoms with Gasteiger partial charge in [-0.15, -0.1) is 0 Å². The highest BCUT2D eigenvalue weighted by atomic mass is 32.2. The minimum absolute atomic E-state index is 0.0159. The predicted octanol–water partition coefficient (Wildman–Crippen LogP) is 6.22. The van der Waals surface area contributed by atoms with Gasteiger partial charge in [0.2, 0.25) is 0 Å². The second kappa shape index (κ2) is 8.51. The van der Waals surface area contributed by atoms with Crippen LogP contribution in [0.5, 0.6) is 0 Å². The highest BCUT2D eigenvalue weighted by molar-refractivity contribution is 7.87. The molecule has 4 aliphatic carbocycles. The summed E-state index contributed by atoms with van der Waals surface area (Å²) >= 11 is 0. The van der Waals surface area contributed by atoms with Crippen LogP contribution in [0.15, 0.2) is 23.5 Å². The smallest absolute Gasteiger partial charge is 0.380 e. The summed E-state index contributed by atoms with van der Waals surface area (Å²) in [5.74, 6) is 0.809. The third-order valence-corrected chi connectivity index (χ3v) is 10.5. The molecule has 0 aromatic rings. The number of allylic oxidation sites excluding steroid dienone is 3. The van der Waals surface area contributed by atoms with Gasteiger partial charge in [-0.3, -0.25) is 0 Å². The van der Waals surface area contributed by atoms with Gasteiger partial charge in [-0.25, -0.2) is 0 Å². The fourth-order valence-electron chi connectivity index (χ4n) is 7.60. The molecule has 1 aliphatic heterocycles. The lowest BCUT2D eigenvalue weighted by Crippen LogP contribution is -2.50. The van der Waals surface area contributed by atoms with E-state index in [1.807, 2.05) is 6.92 Å². The SMILES string of the molecule is C[C@]12CC[C@H](OC3CCCCO3)CC1=CCC1[C@@H]2CC[C@]2(C)C(OS(=O)(=O)C(F)(F)F)=CC[C@@H]12. The predicted molar refractivity (Wildman–Crippen MR) is 120 cm³/mol. The zero-order chi connectivity index (χ0) is 24.4. The van der Waals surface area contributed by atoms with Crippen molar-refractivity contribution in [2.24, 2.45) is 28.6 Å². The summed E-state index contributed by atoms with van der Waals surface area (Å²) in [6.07, 6.45) is 13.1. The van der Waals surface area contributed by atoms with E-state index in [1.54, 1.807) is 6.08 Å². The summed E-state index contributed by atoms with van der Waals surface area (Å²) in [6.45, 7) is 5.00. The first kappa shape index (κ1) is 24.6. The maximum atomic E-state index is 13.0. The summed E-state index contributed by atoms with van der Waals surface area (Å²) in [4.78, 5) is 0. The van der Waals surface area contributed by atoms with Crippen molar-refractivity contribution >= 4 is 10.1 Å². The fraction of sp³-hybridized carbons (Fsp3) is 0.840. The van der Waals surface area contributed by atoms with E-state index in [0.29, 0.717) is 24.7 Å². The van der Waals surface area contributed by atoms with Crippen molar-refractivity contribution in [3.8, 4) is 0 Å². The molecular formula is C25H35F3O5S. The van der Waals surface area contributed by atoms with Crippen LogP contribution in [0.2, 0.25) is 0 Å². The Morgan fingerprint density at radius 2 is 1.76 bits per heavy atom. The van der Waals surface area contributed by atoms with Crippen molar-refractivity contribution < 1.29 is 35.2 Å². The van der Waals surface area contributed by atoms with E-state index in [1.165, 1.54) is 5.57 Å². The van der Waals surface area contributed by atoms with Gasteiger partial charge >= 0.3 is 15.6 Å². The lowest BCUT2D eigenvalue weighted by molar-refractivity contribution is -0.195. The number of rotatable bonds is 4. The molecule has 5 nitrogen and oxygen atoms in total. The summed E-state index contributed by atoms with van der Waals surface area (Å²) in [7, 11) is -5.65. The Kier molecular flexibility index (Phi) is 6.16. The van der Waals surface area contributed by atoms with Gasteiger partial charge in [-0.1, -0.05) is 25.5 Å². The molecule has 1 heterocycles. The van der Waals surface area contributed by atoms with E-state index in [9.17, 15) is 21.6 Å². The largest absolute Gasteiger partial charge is 0.534 e. The Labute approximate surface area is 200 Å². The van der Waals surface area contributed by atoms with Gasteiger partial charge in [-0.2, -0.15) is 21.6 Å². The van der Waals surface area contributed by atoms with Gasteiger partial charge in [0.05, 0.1) is 6.10 Å². The number of halogens is 3. The van der Waals surface area contributed by atoms with Crippen molar-refractivity contribution in [3.63, 3.8) is 0 Å². The summed E-state index contributed by atoms with van der Waals surface area (Å²) in [6, 6.07) is 0. The molecule has 0 spiro atoms. The molecular weight excluding hydrogens is 469 g/mol. The fourth-order valence-corrected chi connectivity index (χ4v) is 8.19. The Morgan fingerprint density at radius 1 is 1.00 bits per heavy atom. The summed E-state index contributed by atoms with van der Waals surface area (Å²) in [5, 5.41) is 0. The number of alkyl halides is 3. The zero-order valence-corrected chi connectivity index (χ0v) is 20.7. The Bertz CT molecular complexity index is 968. The third-order valence-electron chi connectivity index (χ3n) is 9.53. The average Bonchev–Trinajstić information content (AvgIpc) is 3.10. The second-order valence-electron chi connectivity index (χ2n) is 11.3. The first-order chi connectivity index (χ1) is 15.9. The molecule has 7 atom stereocenters. The molecule has 3 fully saturated rings. The number of hydrogen-bond acceptors (Lipinski definition) is 5. The molecule has 9 heteroatoms. The average molecular weight is 505 g/mol. The van der Waals surface area contributed by atoms with Crippen molar-refractivity contribution in [2.75, 3.05) is 6.61 Å². The van der Waals surface area contributed by atoms with Crippen molar-refractivity contribution in [2.45, 2.75) is 96.0 Å². The lowest BCUT2D eigenvalue weighted by atomic mass is 9.48. The summed E-state index contributed by atoms with van der Waals surface area (Å²) < 4.78 is 79.0. The van der Waals surface area contributed by atoms with Crippen LogP contribution in [0.4, 0.5) is 13.2 Å². The quantitative estimate of drug-likeness (QED) is 0.258. The minimum Gasteiger partial charge on any atom is -0.380 e. The van der Waals surface area contributed by atoms with Crippen LogP contribution >= 0.6 is 0 Å². The van der Waals surface area contributed by atoms with Crippen LogP contribution in [0.25, 0.3) is 0 Å².